The molecule has 0 saturated carbocycles. The van der Waals surface area contributed by atoms with Crippen LogP contribution in [-0.2, 0) is 6.42 Å². The molecular weight excluding hydrogens is 364 g/mol. The number of pyridine rings is 1. The molecular formula is C20H27BrN2O. The maximum atomic E-state index is 9.75. The predicted molar refractivity (Wildman–Crippen MR) is 103 cm³/mol. The Morgan fingerprint density at radius 1 is 1.21 bits per heavy atom. The first kappa shape index (κ1) is 19.1. The molecule has 1 aromatic carbocycles. The van der Waals surface area contributed by atoms with Gasteiger partial charge < -0.3 is 10.4 Å². The van der Waals surface area contributed by atoms with Crippen LogP contribution in [0.5, 0.6) is 0 Å². The summed E-state index contributed by atoms with van der Waals surface area (Å²) < 4.78 is 1.13. The lowest BCUT2D eigenvalue weighted by Crippen LogP contribution is -2.30. The second kappa shape index (κ2) is 9.30. The van der Waals surface area contributed by atoms with Crippen LogP contribution in [0.4, 0.5) is 0 Å². The Bertz CT molecular complexity index is 660. The van der Waals surface area contributed by atoms with Crippen LogP contribution in [0.3, 0.4) is 0 Å². The summed E-state index contributed by atoms with van der Waals surface area (Å²) in [7, 11) is 0. The molecule has 4 heteroatoms. The number of hydrogen-bond acceptors (Lipinski definition) is 3. The van der Waals surface area contributed by atoms with E-state index in [1.54, 1.807) is 0 Å². The minimum absolute atomic E-state index is 0.177. The molecule has 130 valence electrons. The summed E-state index contributed by atoms with van der Waals surface area (Å²) >= 11 is 3.58. The third kappa shape index (κ3) is 5.13. The first-order chi connectivity index (χ1) is 11.5. The minimum Gasteiger partial charge on any atom is -0.396 e. The average molecular weight is 391 g/mol. The Hall–Kier alpha value is -1.23. The Morgan fingerprint density at radius 3 is 2.62 bits per heavy atom. The zero-order valence-corrected chi connectivity index (χ0v) is 16.3. The predicted octanol–water partition coefficient (Wildman–Crippen LogP) is 4.35. The number of nitrogens with one attached hydrogen (secondary N) is 1. The third-order valence-electron chi connectivity index (χ3n) is 4.46. The van der Waals surface area contributed by atoms with Gasteiger partial charge >= 0.3 is 0 Å². The summed E-state index contributed by atoms with van der Waals surface area (Å²) in [5.74, 6) is 0.192. The van der Waals surface area contributed by atoms with Crippen LogP contribution in [0.25, 0.3) is 0 Å². The van der Waals surface area contributed by atoms with Crippen LogP contribution in [-0.4, -0.2) is 23.2 Å². The van der Waals surface area contributed by atoms with E-state index in [4.69, 9.17) is 0 Å². The molecule has 0 saturated heterocycles. The summed E-state index contributed by atoms with van der Waals surface area (Å²) in [6, 6.07) is 10.7. The van der Waals surface area contributed by atoms with E-state index in [0.717, 1.165) is 29.6 Å². The van der Waals surface area contributed by atoms with E-state index in [-0.39, 0.29) is 18.6 Å². The van der Waals surface area contributed by atoms with Crippen molar-refractivity contribution >= 4 is 15.9 Å². The van der Waals surface area contributed by atoms with Crippen LogP contribution in [0, 0.1) is 19.8 Å². The van der Waals surface area contributed by atoms with E-state index >= 15 is 0 Å². The van der Waals surface area contributed by atoms with Crippen molar-refractivity contribution in [2.24, 2.45) is 5.92 Å². The van der Waals surface area contributed by atoms with Gasteiger partial charge in [0.1, 0.15) is 0 Å². The number of aliphatic hydroxyl groups is 1. The molecule has 2 atom stereocenters. The van der Waals surface area contributed by atoms with Gasteiger partial charge in [-0.25, -0.2) is 0 Å². The van der Waals surface area contributed by atoms with Crippen molar-refractivity contribution in [1.29, 1.82) is 0 Å². The van der Waals surface area contributed by atoms with Gasteiger partial charge in [0.05, 0.1) is 5.69 Å². The number of aromatic nitrogens is 1. The molecule has 0 aliphatic rings. The summed E-state index contributed by atoms with van der Waals surface area (Å²) in [5.41, 5.74) is 4.79. The first-order valence-electron chi connectivity index (χ1n) is 8.55. The molecule has 0 radical (unpaired) electrons. The van der Waals surface area contributed by atoms with E-state index < -0.39 is 0 Å². The van der Waals surface area contributed by atoms with Gasteiger partial charge in [0.25, 0.3) is 0 Å². The Balaban J connectivity index is 1.99. The number of aliphatic hydroxyl groups excluding tert-OH is 1. The zero-order chi connectivity index (χ0) is 17.5. The lowest BCUT2D eigenvalue weighted by molar-refractivity contribution is 0.217. The van der Waals surface area contributed by atoms with Gasteiger partial charge in [0.15, 0.2) is 0 Å². The summed E-state index contributed by atoms with van der Waals surface area (Å²) in [6.45, 7) is 7.30. The zero-order valence-electron chi connectivity index (χ0n) is 14.7. The number of halogens is 1. The summed E-state index contributed by atoms with van der Waals surface area (Å²) in [4.78, 5) is 4.53. The maximum Gasteiger partial charge on any atom is 0.0602 e. The van der Waals surface area contributed by atoms with Crippen molar-refractivity contribution < 1.29 is 5.11 Å². The average Bonchev–Trinajstić information content (AvgIpc) is 2.58. The molecule has 1 heterocycles. The number of rotatable bonds is 8. The summed E-state index contributed by atoms with van der Waals surface area (Å²) in [6.07, 6.45) is 3.69. The van der Waals surface area contributed by atoms with E-state index in [0.29, 0.717) is 0 Å². The van der Waals surface area contributed by atoms with Gasteiger partial charge in [-0.05, 0) is 61.4 Å². The van der Waals surface area contributed by atoms with Gasteiger partial charge in [0.2, 0.25) is 0 Å². The molecule has 24 heavy (non-hydrogen) atoms. The van der Waals surface area contributed by atoms with E-state index in [1.165, 1.54) is 16.7 Å². The van der Waals surface area contributed by atoms with Crippen LogP contribution in [0.1, 0.15) is 41.8 Å². The Kier molecular flexibility index (Phi) is 7.40. The monoisotopic (exact) mass is 390 g/mol. The highest BCUT2D eigenvalue weighted by Gasteiger charge is 2.16. The molecule has 0 fully saturated rings. The standard InChI is InChI=1S/C20H27BrN2O/c1-4-19(20-15(3)6-5-9-22-20)23-12-17(13-24)10-16-8-7-14(2)18(21)11-16/h5-9,11,17,19,23-24H,4,10,12-13H2,1-3H3. The minimum atomic E-state index is 0.177. The molecule has 2 unspecified atom stereocenters. The number of hydrogen-bond donors (Lipinski definition) is 2. The highest BCUT2D eigenvalue weighted by atomic mass is 79.9. The molecule has 0 aliphatic carbocycles. The van der Waals surface area contributed by atoms with Crippen molar-refractivity contribution in [2.45, 2.75) is 39.7 Å². The second-order valence-corrected chi connectivity index (χ2v) is 7.27. The molecule has 0 aliphatic heterocycles. The summed E-state index contributed by atoms with van der Waals surface area (Å²) in [5, 5.41) is 13.3. The normalized spacial score (nSPS) is 13.7. The molecule has 2 N–H and O–H groups in total. The first-order valence-corrected chi connectivity index (χ1v) is 9.35. The molecule has 3 nitrogen and oxygen atoms in total. The highest BCUT2D eigenvalue weighted by molar-refractivity contribution is 9.10. The van der Waals surface area contributed by atoms with E-state index in [1.807, 2.05) is 12.3 Å². The number of nitrogens with zero attached hydrogens (tertiary/aromatic N) is 1. The van der Waals surface area contributed by atoms with Gasteiger partial charge in [-0.3, -0.25) is 4.98 Å². The fourth-order valence-corrected chi connectivity index (χ4v) is 3.33. The van der Waals surface area contributed by atoms with Gasteiger partial charge in [-0.1, -0.05) is 41.1 Å². The van der Waals surface area contributed by atoms with Gasteiger partial charge in [0, 0.05) is 29.9 Å². The lowest BCUT2D eigenvalue weighted by Gasteiger charge is -2.22. The van der Waals surface area contributed by atoms with Crippen molar-refractivity contribution in [3.8, 4) is 0 Å². The van der Waals surface area contributed by atoms with Gasteiger partial charge in [-0.15, -0.1) is 0 Å². The maximum absolute atomic E-state index is 9.75. The molecule has 2 aromatic rings. The largest absolute Gasteiger partial charge is 0.396 e. The fraction of sp³-hybridized carbons (Fsp3) is 0.450. The third-order valence-corrected chi connectivity index (χ3v) is 5.31. The fourth-order valence-electron chi connectivity index (χ4n) is 2.90. The smallest absolute Gasteiger partial charge is 0.0602 e. The Morgan fingerprint density at radius 2 is 2.00 bits per heavy atom. The van der Waals surface area contributed by atoms with Crippen LogP contribution < -0.4 is 5.32 Å². The molecule has 0 amide bonds. The SMILES string of the molecule is CCC(NCC(CO)Cc1ccc(C)c(Br)c1)c1ncccc1C. The lowest BCUT2D eigenvalue weighted by atomic mass is 9.98. The number of aryl methyl sites for hydroxylation is 2. The van der Waals surface area contributed by atoms with Crippen LogP contribution in [0.15, 0.2) is 41.0 Å². The Labute approximate surface area is 153 Å². The van der Waals surface area contributed by atoms with E-state index in [2.05, 4.69) is 71.3 Å². The topological polar surface area (TPSA) is 45.1 Å². The molecule has 0 spiro atoms. The van der Waals surface area contributed by atoms with Crippen LogP contribution in [0.2, 0.25) is 0 Å². The second-order valence-electron chi connectivity index (χ2n) is 6.41. The quantitative estimate of drug-likeness (QED) is 0.703. The van der Waals surface area contributed by atoms with Crippen molar-refractivity contribution in [1.82, 2.24) is 10.3 Å². The van der Waals surface area contributed by atoms with Gasteiger partial charge in [-0.2, -0.15) is 0 Å². The molecule has 1 aromatic heterocycles. The highest BCUT2D eigenvalue weighted by Crippen LogP contribution is 2.21. The number of benzene rings is 1. The molecule has 2 rings (SSSR count). The molecule has 0 bridgehead atoms. The van der Waals surface area contributed by atoms with E-state index in [9.17, 15) is 5.11 Å². The van der Waals surface area contributed by atoms with Crippen molar-refractivity contribution in [2.75, 3.05) is 13.2 Å². The van der Waals surface area contributed by atoms with Crippen LogP contribution >= 0.6 is 15.9 Å². The van der Waals surface area contributed by atoms with Crippen molar-refractivity contribution in [3.05, 3.63) is 63.4 Å². The van der Waals surface area contributed by atoms with Crippen molar-refractivity contribution in [3.63, 3.8) is 0 Å².